The average Bonchev–Trinajstić information content (AvgIpc) is 3.54. The van der Waals surface area contributed by atoms with Crippen molar-refractivity contribution in [2.45, 2.75) is 25.9 Å². The second kappa shape index (κ2) is 11.3. The van der Waals surface area contributed by atoms with Crippen LogP contribution in [0.2, 0.25) is 5.02 Å². The SMILES string of the molecule is CCOC(=O)c1ccc(N2C(=O)CC(N(Cc3ccc4c(c3)OCO4)C(=O)c3ccc(Cl)c([N+](=O)[O-])c3)C2=O)cc1. The molecule has 3 amide bonds. The first-order valence-corrected chi connectivity index (χ1v) is 12.8. The van der Waals surface area contributed by atoms with Crippen LogP contribution in [-0.2, 0) is 20.9 Å². The van der Waals surface area contributed by atoms with E-state index in [1.807, 2.05) is 0 Å². The highest BCUT2D eigenvalue weighted by Gasteiger charge is 2.45. The van der Waals surface area contributed by atoms with Crippen LogP contribution < -0.4 is 14.4 Å². The van der Waals surface area contributed by atoms with Crippen LogP contribution in [0.1, 0.15) is 39.6 Å². The number of ether oxygens (including phenoxy) is 3. The van der Waals surface area contributed by atoms with Gasteiger partial charge in [0.05, 0.1) is 29.2 Å². The van der Waals surface area contributed by atoms with Gasteiger partial charge in [-0.15, -0.1) is 0 Å². The number of esters is 1. The molecule has 0 aromatic heterocycles. The highest BCUT2D eigenvalue weighted by molar-refractivity contribution is 6.32. The number of amides is 3. The minimum Gasteiger partial charge on any atom is -0.462 e. The first-order valence-electron chi connectivity index (χ1n) is 12.5. The summed E-state index contributed by atoms with van der Waals surface area (Å²) in [5, 5.41) is 11.3. The molecule has 0 radical (unpaired) electrons. The third-order valence-electron chi connectivity index (χ3n) is 6.58. The Balaban J connectivity index is 1.48. The number of halogens is 1. The second-order valence-corrected chi connectivity index (χ2v) is 9.51. The zero-order valence-corrected chi connectivity index (χ0v) is 22.3. The highest BCUT2D eigenvalue weighted by atomic mass is 35.5. The molecule has 1 unspecified atom stereocenters. The van der Waals surface area contributed by atoms with Crippen molar-refractivity contribution in [3.8, 4) is 11.5 Å². The summed E-state index contributed by atoms with van der Waals surface area (Å²) in [4.78, 5) is 65.5. The summed E-state index contributed by atoms with van der Waals surface area (Å²) in [6.07, 6.45) is -0.329. The molecule has 0 N–H and O–H groups in total. The van der Waals surface area contributed by atoms with E-state index in [4.69, 9.17) is 25.8 Å². The van der Waals surface area contributed by atoms with Crippen LogP contribution >= 0.6 is 11.6 Å². The Morgan fingerprint density at radius 2 is 1.76 bits per heavy atom. The molecule has 2 heterocycles. The van der Waals surface area contributed by atoms with Crippen molar-refractivity contribution in [1.29, 1.82) is 0 Å². The van der Waals surface area contributed by atoms with Crippen LogP contribution in [0.3, 0.4) is 0 Å². The van der Waals surface area contributed by atoms with Crippen LogP contribution in [0, 0.1) is 10.1 Å². The van der Waals surface area contributed by atoms with Gasteiger partial charge in [-0.25, -0.2) is 9.69 Å². The maximum absolute atomic E-state index is 13.8. The summed E-state index contributed by atoms with van der Waals surface area (Å²) in [5.41, 5.74) is 0.476. The van der Waals surface area contributed by atoms with Gasteiger partial charge in [0.1, 0.15) is 11.1 Å². The van der Waals surface area contributed by atoms with Crippen LogP contribution in [-0.4, -0.2) is 53.0 Å². The minimum atomic E-state index is -1.22. The van der Waals surface area contributed by atoms with Gasteiger partial charge in [-0.3, -0.25) is 24.5 Å². The van der Waals surface area contributed by atoms with Gasteiger partial charge in [0.2, 0.25) is 12.7 Å². The number of nitrogens with zero attached hydrogens (tertiary/aromatic N) is 3. The van der Waals surface area contributed by atoms with E-state index in [-0.39, 0.29) is 48.2 Å². The molecule has 210 valence electrons. The van der Waals surface area contributed by atoms with E-state index in [1.54, 1.807) is 25.1 Å². The minimum absolute atomic E-state index is 0.0371. The van der Waals surface area contributed by atoms with Crippen molar-refractivity contribution >= 4 is 46.7 Å². The second-order valence-electron chi connectivity index (χ2n) is 9.10. The maximum Gasteiger partial charge on any atom is 0.338 e. The van der Waals surface area contributed by atoms with Gasteiger partial charge >= 0.3 is 5.97 Å². The van der Waals surface area contributed by atoms with Crippen molar-refractivity contribution in [2.24, 2.45) is 0 Å². The molecule has 0 bridgehead atoms. The van der Waals surface area contributed by atoms with E-state index >= 15 is 0 Å². The number of anilines is 1. The molecule has 5 rings (SSSR count). The van der Waals surface area contributed by atoms with Gasteiger partial charge in [0, 0.05) is 18.2 Å². The molecule has 0 aliphatic carbocycles. The Kier molecular flexibility index (Phi) is 7.58. The van der Waals surface area contributed by atoms with Crippen LogP contribution in [0.4, 0.5) is 11.4 Å². The van der Waals surface area contributed by atoms with E-state index in [9.17, 15) is 29.3 Å². The predicted octanol–water partition coefficient (Wildman–Crippen LogP) is 4.13. The maximum atomic E-state index is 13.8. The molecule has 0 saturated carbocycles. The number of nitro benzene ring substituents is 1. The lowest BCUT2D eigenvalue weighted by Crippen LogP contribution is -2.45. The van der Waals surface area contributed by atoms with Gasteiger partial charge in [0.25, 0.3) is 17.5 Å². The van der Waals surface area contributed by atoms with E-state index in [2.05, 4.69) is 0 Å². The molecule has 12 nitrogen and oxygen atoms in total. The summed E-state index contributed by atoms with van der Waals surface area (Å²) in [7, 11) is 0. The van der Waals surface area contributed by atoms with Crippen molar-refractivity contribution in [3.05, 3.63) is 92.5 Å². The van der Waals surface area contributed by atoms with E-state index in [1.165, 1.54) is 41.3 Å². The lowest BCUT2D eigenvalue weighted by atomic mass is 10.1. The molecule has 0 spiro atoms. The van der Waals surface area contributed by atoms with E-state index < -0.39 is 40.3 Å². The Labute approximate surface area is 238 Å². The zero-order valence-electron chi connectivity index (χ0n) is 21.6. The summed E-state index contributed by atoms with van der Waals surface area (Å²) < 4.78 is 15.7. The van der Waals surface area contributed by atoms with Gasteiger partial charge < -0.3 is 19.1 Å². The largest absolute Gasteiger partial charge is 0.462 e. The number of carbonyl (C=O) groups is 4. The fraction of sp³-hybridized carbons (Fsp3) is 0.214. The van der Waals surface area contributed by atoms with E-state index in [0.717, 1.165) is 11.0 Å². The zero-order chi connectivity index (χ0) is 29.3. The van der Waals surface area contributed by atoms with E-state index in [0.29, 0.717) is 17.1 Å². The van der Waals surface area contributed by atoms with Crippen molar-refractivity contribution in [2.75, 3.05) is 18.3 Å². The summed E-state index contributed by atoms with van der Waals surface area (Å²) in [6.45, 7) is 1.78. The van der Waals surface area contributed by atoms with Gasteiger partial charge in [-0.1, -0.05) is 17.7 Å². The smallest absolute Gasteiger partial charge is 0.338 e. The van der Waals surface area contributed by atoms with Crippen LogP contribution in [0.25, 0.3) is 0 Å². The first-order chi connectivity index (χ1) is 19.7. The van der Waals surface area contributed by atoms with Gasteiger partial charge in [0.15, 0.2) is 11.5 Å². The fourth-order valence-corrected chi connectivity index (χ4v) is 4.79. The Hall–Kier alpha value is -4.97. The van der Waals surface area contributed by atoms with Crippen LogP contribution in [0.15, 0.2) is 60.7 Å². The molecular formula is C28H22ClN3O9. The number of carbonyl (C=O) groups excluding carboxylic acids is 4. The standard InChI is InChI=1S/C28H22ClN3O9/c1-2-39-28(36)17-4-7-19(8-5-17)31-25(33)13-22(27(31)35)30(14-16-3-10-23-24(11-16)41-15-40-23)26(34)18-6-9-20(29)21(12-18)32(37)38/h3-12,22H,2,13-15H2,1H3. The monoisotopic (exact) mass is 579 g/mol. The molecule has 3 aromatic rings. The lowest BCUT2D eigenvalue weighted by molar-refractivity contribution is -0.384. The lowest BCUT2D eigenvalue weighted by Gasteiger charge is -2.28. The van der Waals surface area contributed by atoms with Gasteiger partial charge in [-0.05, 0) is 61.0 Å². The molecule has 1 saturated heterocycles. The fourth-order valence-electron chi connectivity index (χ4n) is 4.60. The number of benzene rings is 3. The number of imide groups is 1. The molecule has 3 aromatic carbocycles. The number of hydrogen-bond acceptors (Lipinski definition) is 9. The Bertz CT molecular complexity index is 1570. The Morgan fingerprint density at radius 1 is 1.05 bits per heavy atom. The number of hydrogen-bond donors (Lipinski definition) is 0. The third kappa shape index (κ3) is 5.41. The predicted molar refractivity (Wildman–Crippen MR) is 144 cm³/mol. The summed E-state index contributed by atoms with van der Waals surface area (Å²) >= 11 is 5.94. The summed E-state index contributed by atoms with van der Waals surface area (Å²) in [6, 6.07) is 13.1. The topological polar surface area (TPSA) is 146 Å². The third-order valence-corrected chi connectivity index (χ3v) is 6.90. The van der Waals surface area contributed by atoms with Crippen molar-refractivity contribution in [1.82, 2.24) is 4.90 Å². The molecule has 1 atom stereocenters. The molecule has 1 fully saturated rings. The van der Waals surface area contributed by atoms with Crippen LogP contribution in [0.5, 0.6) is 11.5 Å². The summed E-state index contributed by atoms with van der Waals surface area (Å²) in [5.74, 6) is -1.52. The number of nitro groups is 1. The first kappa shape index (κ1) is 27.6. The Morgan fingerprint density at radius 3 is 2.46 bits per heavy atom. The van der Waals surface area contributed by atoms with Crippen molar-refractivity contribution < 1.29 is 38.3 Å². The number of fused-ring (bicyclic) bond motifs is 1. The van der Waals surface area contributed by atoms with Crippen molar-refractivity contribution in [3.63, 3.8) is 0 Å². The van der Waals surface area contributed by atoms with Gasteiger partial charge in [-0.2, -0.15) is 0 Å². The molecule has 41 heavy (non-hydrogen) atoms. The molecule has 2 aliphatic rings. The normalized spacial score (nSPS) is 15.7. The number of rotatable bonds is 8. The highest BCUT2D eigenvalue weighted by Crippen LogP contribution is 2.35. The average molecular weight is 580 g/mol. The quantitative estimate of drug-likeness (QED) is 0.166. The molecule has 13 heteroatoms. The molecular weight excluding hydrogens is 558 g/mol. The molecule has 2 aliphatic heterocycles.